The third-order valence-corrected chi connectivity index (χ3v) is 5.63. The number of aryl methyl sites for hydroxylation is 2. The van der Waals surface area contributed by atoms with Crippen molar-refractivity contribution in [2.45, 2.75) is 12.8 Å². The van der Waals surface area contributed by atoms with Crippen LogP contribution >= 0.6 is 0 Å². The standard InChI is InChI=1S/C32H26O2/c33-31(23-17-25-7-3-1-4-8-25)29-19-13-27(14-20-29)11-12-28-15-21-30(22-16-28)32(34)24-18-26-9-5-2-6-10-26/h1-10,13-24H,11-12H2/b23-17+,24-18+. The van der Waals surface area contributed by atoms with Gasteiger partial charge in [0, 0.05) is 11.1 Å². The van der Waals surface area contributed by atoms with E-state index in [4.69, 9.17) is 0 Å². The lowest BCUT2D eigenvalue weighted by Gasteiger charge is -2.05. The van der Waals surface area contributed by atoms with Gasteiger partial charge < -0.3 is 0 Å². The quantitative estimate of drug-likeness (QED) is 0.202. The van der Waals surface area contributed by atoms with Crippen molar-refractivity contribution in [1.82, 2.24) is 0 Å². The SMILES string of the molecule is O=C(/C=C/c1ccccc1)c1ccc(CCc2ccc(C(=O)/C=C/c3ccccc3)cc2)cc1. The van der Waals surface area contributed by atoms with E-state index in [9.17, 15) is 9.59 Å². The van der Waals surface area contributed by atoms with Crippen LogP contribution in [0.5, 0.6) is 0 Å². The highest BCUT2D eigenvalue weighted by molar-refractivity contribution is 6.07. The fourth-order valence-electron chi connectivity index (χ4n) is 3.62. The molecular formula is C32H26O2. The van der Waals surface area contributed by atoms with Gasteiger partial charge in [0.15, 0.2) is 11.6 Å². The summed E-state index contributed by atoms with van der Waals surface area (Å²) >= 11 is 0. The summed E-state index contributed by atoms with van der Waals surface area (Å²) in [5, 5.41) is 0. The van der Waals surface area contributed by atoms with Crippen LogP contribution in [0.2, 0.25) is 0 Å². The number of carbonyl (C=O) groups is 2. The Hall–Kier alpha value is -4.30. The molecule has 4 rings (SSSR count). The molecule has 0 bridgehead atoms. The van der Waals surface area contributed by atoms with Gasteiger partial charge in [0.25, 0.3) is 0 Å². The molecule has 0 unspecified atom stereocenters. The van der Waals surface area contributed by atoms with Crippen molar-refractivity contribution in [3.8, 4) is 0 Å². The molecule has 0 atom stereocenters. The maximum Gasteiger partial charge on any atom is 0.185 e. The highest BCUT2D eigenvalue weighted by Crippen LogP contribution is 2.13. The van der Waals surface area contributed by atoms with Crippen LogP contribution in [0.4, 0.5) is 0 Å². The maximum atomic E-state index is 12.4. The average molecular weight is 443 g/mol. The fourth-order valence-corrected chi connectivity index (χ4v) is 3.62. The number of allylic oxidation sites excluding steroid dienone is 2. The molecule has 2 nitrogen and oxygen atoms in total. The summed E-state index contributed by atoms with van der Waals surface area (Å²) in [5.74, 6) is -0.00561. The lowest BCUT2D eigenvalue weighted by Crippen LogP contribution is -1.97. The Morgan fingerprint density at radius 3 is 1.18 bits per heavy atom. The Kier molecular flexibility index (Phi) is 7.76. The molecule has 4 aromatic carbocycles. The zero-order chi connectivity index (χ0) is 23.6. The van der Waals surface area contributed by atoms with Gasteiger partial charge in [0.1, 0.15) is 0 Å². The van der Waals surface area contributed by atoms with E-state index in [0.717, 1.165) is 24.0 Å². The molecule has 0 aliphatic rings. The Bertz CT molecular complexity index is 1180. The summed E-state index contributed by atoms with van der Waals surface area (Å²) in [6.07, 6.45) is 8.64. The monoisotopic (exact) mass is 442 g/mol. The molecule has 34 heavy (non-hydrogen) atoms. The number of ketones is 2. The molecule has 0 fully saturated rings. The third-order valence-electron chi connectivity index (χ3n) is 5.63. The summed E-state index contributed by atoms with van der Waals surface area (Å²) in [4.78, 5) is 24.8. The lowest BCUT2D eigenvalue weighted by atomic mass is 10.00. The van der Waals surface area contributed by atoms with Crippen LogP contribution in [0.25, 0.3) is 12.2 Å². The molecule has 0 heterocycles. The first-order valence-electron chi connectivity index (χ1n) is 11.4. The summed E-state index contributed by atoms with van der Waals surface area (Å²) in [6, 6.07) is 35.2. The Labute approximate surface area is 200 Å². The van der Waals surface area contributed by atoms with Gasteiger partial charge in [0.05, 0.1) is 0 Å². The summed E-state index contributed by atoms with van der Waals surface area (Å²) in [6.45, 7) is 0. The molecule has 0 aromatic heterocycles. The van der Waals surface area contributed by atoms with E-state index < -0.39 is 0 Å². The van der Waals surface area contributed by atoms with E-state index in [-0.39, 0.29) is 11.6 Å². The Morgan fingerprint density at radius 1 is 0.471 bits per heavy atom. The molecule has 0 spiro atoms. The number of rotatable bonds is 9. The molecule has 0 N–H and O–H groups in total. The van der Waals surface area contributed by atoms with Crippen LogP contribution in [0.15, 0.2) is 121 Å². The minimum Gasteiger partial charge on any atom is -0.289 e. The predicted octanol–water partition coefficient (Wildman–Crippen LogP) is 7.26. The minimum absolute atomic E-state index is 0.00280. The normalized spacial score (nSPS) is 11.2. The zero-order valence-electron chi connectivity index (χ0n) is 18.9. The summed E-state index contributed by atoms with van der Waals surface area (Å²) < 4.78 is 0. The number of hydrogen-bond donors (Lipinski definition) is 0. The van der Waals surface area contributed by atoms with Gasteiger partial charge in [-0.1, -0.05) is 121 Å². The van der Waals surface area contributed by atoms with E-state index in [0.29, 0.717) is 11.1 Å². The van der Waals surface area contributed by atoms with Crippen molar-refractivity contribution in [2.75, 3.05) is 0 Å². The Morgan fingerprint density at radius 2 is 0.824 bits per heavy atom. The molecule has 0 aliphatic heterocycles. The van der Waals surface area contributed by atoms with Crippen LogP contribution in [-0.4, -0.2) is 11.6 Å². The molecule has 0 saturated heterocycles. The molecule has 4 aromatic rings. The smallest absolute Gasteiger partial charge is 0.185 e. The molecule has 0 amide bonds. The van der Waals surface area contributed by atoms with E-state index in [1.807, 2.05) is 121 Å². The number of hydrogen-bond acceptors (Lipinski definition) is 2. The Balaban J connectivity index is 1.29. The first kappa shape index (κ1) is 22.9. The van der Waals surface area contributed by atoms with Crippen molar-refractivity contribution < 1.29 is 9.59 Å². The van der Waals surface area contributed by atoms with Gasteiger partial charge >= 0.3 is 0 Å². The molecule has 0 radical (unpaired) electrons. The lowest BCUT2D eigenvalue weighted by molar-refractivity contribution is 0.103. The number of benzene rings is 4. The zero-order valence-corrected chi connectivity index (χ0v) is 18.9. The van der Waals surface area contributed by atoms with Crippen LogP contribution in [0, 0.1) is 0 Å². The predicted molar refractivity (Wildman–Crippen MR) is 140 cm³/mol. The largest absolute Gasteiger partial charge is 0.289 e. The van der Waals surface area contributed by atoms with E-state index in [1.54, 1.807) is 12.2 Å². The molecule has 0 saturated carbocycles. The van der Waals surface area contributed by atoms with Crippen LogP contribution in [0.3, 0.4) is 0 Å². The van der Waals surface area contributed by atoms with Crippen molar-refractivity contribution in [2.24, 2.45) is 0 Å². The van der Waals surface area contributed by atoms with Gasteiger partial charge in [0.2, 0.25) is 0 Å². The van der Waals surface area contributed by atoms with Crippen molar-refractivity contribution in [1.29, 1.82) is 0 Å². The second-order valence-corrected chi connectivity index (χ2v) is 8.11. The first-order chi connectivity index (χ1) is 16.7. The first-order valence-corrected chi connectivity index (χ1v) is 11.4. The van der Waals surface area contributed by atoms with E-state index >= 15 is 0 Å². The van der Waals surface area contributed by atoms with Crippen molar-refractivity contribution in [3.05, 3.63) is 155 Å². The average Bonchev–Trinajstić information content (AvgIpc) is 2.91. The fraction of sp³-hybridized carbons (Fsp3) is 0.0625. The summed E-state index contributed by atoms with van der Waals surface area (Å²) in [5.41, 5.74) is 5.73. The van der Waals surface area contributed by atoms with Gasteiger partial charge in [-0.3, -0.25) is 9.59 Å². The van der Waals surface area contributed by atoms with E-state index in [1.165, 1.54) is 11.1 Å². The second kappa shape index (κ2) is 11.5. The van der Waals surface area contributed by atoms with Gasteiger partial charge in [-0.25, -0.2) is 0 Å². The molecule has 0 aliphatic carbocycles. The van der Waals surface area contributed by atoms with Gasteiger partial charge in [-0.2, -0.15) is 0 Å². The topological polar surface area (TPSA) is 34.1 Å². The van der Waals surface area contributed by atoms with Crippen molar-refractivity contribution in [3.63, 3.8) is 0 Å². The van der Waals surface area contributed by atoms with Crippen LogP contribution in [-0.2, 0) is 12.8 Å². The van der Waals surface area contributed by atoms with E-state index in [2.05, 4.69) is 0 Å². The molecule has 166 valence electrons. The second-order valence-electron chi connectivity index (χ2n) is 8.11. The van der Waals surface area contributed by atoms with Gasteiger partial charge in [-0.05, 0) is 47.2 Å². The number of carbonyl (C=O) groups excluding carboxylic acids is 2. The molecule has 2 heteroatoms. The highest BCUT2D eigenvalue weighted by atomic mass is 16.1. The van der Waals surface area contributed by atoms with Gasteiger partial charge in [-0.15, -0.1) is 0 Å². The third kappa shape index (κ3) is 6.60. The van der Waals surface area contributed by atoms with Crippen LogP contribution < -0.4 is 0 Å². The van der Waals surface area contributed by atoms with Crippen molar-refractivity contribution >= 4 is 23.7 Å². The minimum atomic E-state index is -0.00280. The highest BCUT2D eigenvalue weighted by Gasteiger charge is 2.04. The molecular weight excluding hydrogens is 416 g/mol. The summed E-state index contributed by atoms with van der Waals surface area (Å²) in [7, 11) is 0. The maximum absolute atomic E-state index is 12.4. The van der Waals surface area contributed by atoms with Crippen LogP contribution in [0.1, 0.15) is 43.0 Å².